The molecule has 1 N–H and O–H groups in total. The first kappa shape index (κ1) is 19.1. The van der Waals surface area contributed by atoms with Gasteiger partial charge in [0.05, 0.1) is 24.1 Å². The number of hydrogen-bond acceptors (Lipinski definition) is 5. The van der Waals surface area contributed by atoms with E-state index in [0.717, 1.165) is 24.2 Å². The van der Waals surface area contributed by atoms with E-state index in [1.165, 1.54) is 6.26 Å². The van der Waals surface area contributed by atoms with Gasteiger partial charge in [0.1, 0.15) is 0 Å². The molecule has 144 valence electrons. The van der Waals surface area contributed by atoms with E-state index in [-0.39, 0.29) is 17.7 Å². The molecule has 27 heavy (non-hydrogen) atoms. The highest BCUT2D eigenvalue weighted by Gasteiger charge is 2.29. The van der Waals surface area contributed by atoms with Gasteiger partial charge in [-0.15, -0.1) is 0 Å². The largest absolute Gasteiger partial charge is 0.459 e. The van der Waals surface area contributed by atoms with Crippen molar-refractivity contribution in [1.82, 2.24) is 15.2 Å². The van der Waals surface area contributed by atoms with Gasteiger partial charge in [-0.2, -0.15) is 0 Å². The average molecular weight is 371 g/mol. The van der Waals surface area contributed by atoms with E-state index in [1.54, 1.807) is 24.1 Å². The zero-order chi connectivity index (χ0) is 19.2. The first-order valence-electron chi connectivity index (χ1n) is 9.17. The third kappa shape index (κ3) is 4.54. The van der Waals surface area contributed by atoms with Gasteiger partial charge in [-0.1, -0.05) is 0 Å². The molecule has 0 aromatic carbocycles. The first-order chi connectivity index (χ1) is 13.1. The molecule has 3 heterocycles. The maximum absolute atomic E-state index is 12.5. The van der Waals surface area contributed by atoms with E-state index in [9.17, 15) is 9.59 Å². The van der Waals surface area contributed by atoms with E-state index in [2.05, 4.69) is 10.3 Å². The van der Waals surface area contributed by atoms with E-state index < -0.39 is 0 Å². The molecule has 2 amide bonds. The number of piperidine rings is 1. The fourth-order valence-corrected chi connectivity index (χ4v) is 3.35. The summed E-state index contributed by atoms with van der Waals surface area (Å²) in [6, 6.07) is 7.08. The molecule has 2 aromatic rings. The molecule has 1 fully saturated rings. The smallest absolute Gasteiger partial charge is 0.289 e. The standard InChI is InChI=1S/C20H25N3O4/c1-14-5-6-16(19(24)21-9-13-26-2)18(22-14)15-7-10-23(11-8-15)20(25)17-4-3-12-27-17/h3-6,12,15H,7-11,13H2,1-2H3,(H,21,24). The van der Waals surface area contributed by atoms with Crippen molar-refractivity contribution in [1.29, 1.82) is 0 Å². The summed E-state index contributed by atoms with van der Waals surface area (Å²) in [6.45, 7) is 4.08. The maximum atomic E-state index is 12.5. The zero-order valence-corrected chi connectivity index (χ0v) is 15.7. The summed E-state index contributed by atoms with van der Waals surface area (Å²) in [5.74, 6) is 0.283. The number of methoxy groups -OCH3 is 1. The van der Waals surface area contributed by atoms with Gasteiger partial charge in [0, 0.05) is 38.4 Å². The minimum atomic E-state index is -0.136. The van der Waals surface area contributed by atoms with Crippen LogP contribution in [0.5, 0.6) is 0 Å². The summed E-state index contributed by atoms with van der Waals surface area (Å²) in [5, 5.41) is 2.86. The number of carbonyl (C=O) groups excluding carboxylic acids is 2. The Bertz CT molecular complexity index is 781. The lowest BCUT2D eigenvalue weighted by Crippen LogP contribution is -2.38. The predicted molar refractivity (Wildman–Crippen MR) is 99.8 cm³/mol. The Morgan fingerprint density at radius 3 is 2.74 bits per heavy atom. The molecule has 0 radical (unpaired) electrons. The quantitative estimate of drug-likeness (QED) is 0.788. The van der Waals surface area contributed by atoms with Crippen LogP contribution in [0.3, 0.4) is 0 Å². The highest BCUT2D eigenvalue weighted by molar-refractivity contribution is 5.95. The Balaban J connectivity index is 1.69. The van der Waals surface area contributed by atoms with E-state index in [0.29, 0.717) is 37.6 Å². The average Bonchev–Trinajstić information content (AvgIpc) is 3.22. The summed E-state index contributed by atoms with van der Waals surface area (Å²) in [7, 11) is 1.60. The van der Waals surface area contributed by atoms with Crippen LogP contribution in [-0.2, 0) is 4.74 Å². The second-order valence-electron chi connectivity index (χ2n) is 6.68. The molecule has 7 heteroatoms. The molecular formula is C20H25N3O4. The third-order valence-electron chi connectivity index (χ3n) is 4.80. The number of likely N-dealkylation sites (tertiary alicyclic amines) is 1. The fourth-order valence-electron chi connectivity index (χ4n) is 3.35. The first-order valence-corrected chi connectivity index (χ1v) is 9.17. The highest BCUT2D eigenvalue weighted by atomic mass is 16.5. The highest BCUT2D eigenvalue weighted by Crippen LogP contribution is 2.30. The number of amides is 2. The van der Waals surface area contributed by atoms with Gasteiger partial charge in [0.25, 0.3) is 11.8 Å². The molecule has 7 nitrogen and oxygen atoms in total. The van der Waals surface area contributed by atoms with Crippen molar-refractivity contribution in [2.24, 2.45) is 0 Å². The van der Waals surface area contributed by atoms with Crippen LogP contribution < -0.4 is 5.32 Å². The molecule has 3 rings (SSSR count). The summed E-state index contributed by atoms with van der Waals surface area (Å²) < 4.78 is 10.2. The van der Waals surface area contributed by atoms with Gasteiger partial charge in [0.2, 0.25) is 0 Å². The number of nitrogens with one attached hydrogen (secondary N) is 1. The van der Waals surface area contributed by atoms with Crippen molar-refractivity contribution in [2.75, 3.05) is 33.4 Å². The second kappa shape index (κ2) is 8.81. The number of aromatic nitrogens is 1. The molecule has 1 aliphatic rings. The van der Waals surface area contributed by atoms with Crippen molar-refractivity contribution >= 4 is 11.8 Å². The topological polar surface area (TPSA) is 84.7 Å². The number of ether oxygens (including phenoxy) is 1. The van der Waals surface area contributed by atoms with E-state index in [1.807, 2.05) is 19.1 Å². The number of furan rings is 1. The van der Waals surface area contributed by atoms with Crippen LogP contribution >= 0.6 is 0 Å². The molecule has 2 aromatic heterocycles. The number of hydrogen-bond donors (Lipinski definition) is 1. The SMILES string of the molecule is COCCNC(=O)c1ccc(C)nc1C1CCN(C(=O)c2ccco2)CC1. The van der Waals surface area contributed by atoms with Crippen molar-refractivity contribution in [3.8, 4) is 0 Å². The van der Waals surface area contributed by atoms with Crippen LogP contribution in [0.2, 0.25) is 0 Å². The van der Waals surface area contributed by atoms with Crippen LogP contribution in [0, 0.1) is 6.92 Å². The van der Waals surface area contributed by atoms with Crippen molar-refractivity contribution in [3.05, 3.63) is 53.2 Å². The number of nitrogens with zero attached hydrogens (tertiary/aromatic N) is 2. The molecule has 1 aliphatic heterocycles. The Hall–Kier alpha value is -2.67. The Morgan fingerprint density at radius 2 is 2.07 bits per heavy atom. The lowest BCUT2D eigenvalue weighted by atomic mass is 9.89. The van der Waals surface area contributed by atoms with E-state index >= 15 is 0 Å². The van der Waals surface area contributed by atoms with Gasteiger partial charge in [-0.25, -0.2) is 0 Å². The monoisotopic (exact) mass is 371 g/mol. The molecule has 0 spiro atoms. The number of aryl methyl sites for hydroxylation is 1. The van der Waals surface area contributed by atoms with Crippen LogP contribution in [-0.4, -0.2) is 55.0 Å². The Kier molecular flexibility index (Phi) is 6.24. The minimum absolute atomic E-state index is 0.0896. The summed E-state index contributed by atoms with van der Waals surface area (Å²) in [4.78, 5) is 31.4. The maximum Gasteiger partial charge on any atom is 0.289 e. The Labute approximate surface area is 158 Å². The van der Waals surface area contributed by atoms with Crippen molar-refractivity contribution in [2.45, 2.75) is 25.7 Å². The van der Waals surface area contributed by atoms with Crippen LogP contribution in [0.15, 0.2) is 34.9 Å². The van der Waals surface area contributed by atoms with Crippen LogP contribution in [0.1, 0.15) is 51.1 Å². The zero-order valence-electron chi connectivity index (χ0n) is 15.7. The summed E-state index contributed by atoms with van der Waals surface area (Å²) in [6.07, 6.45) is 3.04. The Morgan fingerprint density at radius 1 is 1.30 bits per heavy atom. The summed E-state index contributed by atoms with van der Waals surface area (Å²) in [5.41, 5.74) is 2.30. The lowest BCUT2D eigenvalue weighted by molar-refractivity contribution is 0.0678. The van der Waals surface area contributed by atoms with Crippen molar-refractivity contribution < 1.29 is 18.7 Å². The number of carbonyl (C=O) groups is 2. The normalized spacial score (nSPS) is 15.0. The second-order valence-corrected chi connectivity index (χ2v) is 6.68. The number of rotatable bonds is 6. The van der Waals surface area contributed by atoms with E-state index in [4.69, 9.17) is 9.15 Å². The molecule has 0 bridgehead atoms. The van der Waals surface area contributed by atoms with Gasteiger partial charge in [-0.05, 0) is 44.0 Å². The fraction of sp³-hybridized carbons (Fsp3) is 0.450. The third-order valence-corrected chi connectivity index (χ3v) is 4.80. The molecule has 0 atom stereocenters. The summed E-state index contributed by atoms with van der Waals surface area (Å²) >= 11 is 0. The van der Waals surface area contributed by atoms with Crippen LogP contribution in [0.25, 0.3) is 0 Å². The lowest BCUT2D eigenvalue weighted by Gasteiger charge is -2.32. The van der Waals surface area contributed by atoms with Gasteiger partial charge in [0.15, 0.2) is 5.76 Å². The molecule has 0 unspecified atom stereocenters. The number of pyridine rings is 1. The van der Waals surface area contributed by atoms with Crippen molar-refractivity contribution in [3.63, 3.8) is 0 Å². The molecule has 0 aliphatic carbocycles. The molecular weight excluding hydrogens is 346 g/mol. The molecule has 1 saturated heterocycles. The molecule has 0 saturated carbocycles. The predicted octanol–water partition coefficient (Wildman–Crippen LogP) is 2.38. The van der Waals surface area contributed by atoms with Crippen LogP contribution in [0.4, 0.5) is 0 Å². The minimum Gasteiger partial charge on any atom is -0.459 e. The van der Waals surface area contributed by atoms with Gasteiger partial charge in [-0.3, -0.25) is 14.6 Å². The van der Waals surface area contributed by atoms with Gasteiger partial charge >= 0.3 is 0 Å². The van der Waals surface area contributed by atoms with Gasteiger partial charge < -0.3 is 19.4 Å².